The molecule has 0 aromatic carbocycles. The molecule has 4 heteroatoms. The molecule has 21 heavy (non-hydrogen) atoms. The maximum absolute atomic E-state index is 5.87. The van der Waals surface area contributed by atoms with Crippen molar-refractivity contribution in [3.05, 3.63) is 23.5 Å². The molecule has 0 bridgehead atoms. The van der Waals surface area contributed by atoms with E-state index in [9.17, 15) is 0 Å². The van der Waals surface area contributed by atoms with Crippen molar-refractivity contribution < 1.29 is 9.47 Å². The summed E-state index contributed by atoms with van der Waals surface area (Å²) in [6, 6.07) is 1.99. The number of nitrogens with zero attached hydrogens (tertiary/aromatic N) is 1. The van der Waals surface area contributed by atoms with E-state index in [0.29, 0.717) is 19.1 Å². The predicted octanol–water partition coefficient (Wildman–Crippen LogP) is 3.33. The molecule has 0 atom stereocenters. The molecule has 0 unspecified atom stereocenters. The quantitative estimate of drug-likeness (QED) is 0.747. The summed E-state index contributed by atoms with van der Waals surface area (Å²) in [6.45, 7) is 15.4. The highest BCUT2D eigenvalue weighted by Gasteiger charge is 2.10. The van der Waals surface area contributed by atoms with E-state index in [0.717, 1.165) is 30.1 Å². The fraction of sp³-hybridized carbons (Fsp3) is 0.706. The number of ether oxygens (including phenoxy) is 2. The Kier molecular flexibility index (Phi) is 7.12. The normalized spacial score (nSPS) is 12.0. The lowest BCUT2D eigenvalue weighted by atomic mass is 10.2. The van der Waals surface area contributed by atoms with Crippen molar-refractivity contribution in [2.75, 3.05) is 19.8 Å². The molecule has 0 fully saturated rings. The van der Waals surface area contributed by atoms with Gasteiger partial charge >= 0.3 is 0 Å². The van der Waals surface area contributed by atoms with Crippen LogP contribution in [-0.4, -0.2) is 30.3 Å². The smallest absolute Gasteiger partial charge is 0.127 e. The molecule has 1 aromatic rings. The Morgan fingerprint density at radius 3 is 2.57 bits per heavy atom. The largest absolute Gasteiger partial charge is 0.491 e. The molecule has 0 saturated heterocycles. The van der Waals surface area contributed by atoms with Crippen molar-refractivity contribution in [1.82, 2.24) is 10.3 Å². The minimum Gasteiger partial charge on any atom is -0.491 e. The molecule has 0 saturated carbocycles. The molecular weight excluding hydrogens is 264 g/mol. The van der Waals surface area contributed by atoms with Crippen LogP contribution in [0.1, 0.15) is 45.9 Å². The van der Waals surface area contributed by atoms with Gasteiger partial charge in [0.15, 0.2) is 0 Å². The van der Waals surface area contributed by atoms with Gasteiger partial charge in [-0.3, -0.25) is 4.98 Å². The lowest BCUT2D eigenvalue weighted by molar-refractivity contribution is -0.0164. The van der Waals surface area contributed by atoms with E-state index in [-0.39, 0.29) is 5.60 Å². The van der Waals surface area contributed by atoms with Crippen molar-refractivity contribution in [1.29, 1.82) is 0 Å². The van der Waals surface area contributed by atoms with Gasteiger partial charge in [0.25, 0.3) is 0 Å². The number of hydrogen-bond donors (Lipinski definition) is 1. The molecule has 0 aliphatic carbocycles. The molecule has 120 valence electrons. The second-order valence-corrected chi connectivity index (χ2v) is 6.77. The summed E-state index contributed by atoms with van der Waals surface area (Å²) >= 11 is 0. The van der Waals surface area contributed by atoms with E-state index < -0.39 is 0 Å². The number of rotatable bonds is 8. The zero-order valence-corrected chi connectivity index (χ0v) is 14.3. The highest BCUT2D eigenvalue weighted by molar-refractivity contribution is 5.32. The minimum atomic E-state index is -0.126. The van der Waals surface area contributed by atoms with Gasteiger partial charge in [-0.2, -0.15) is 0 Å². The van der Waals surface area contributed by atoms with Gasteiger partial charge in [-0.05, 0) is 40.2 Å². The average Bonchev–Trinajstić information content (AvgIpc) is 2.35. The molecule has 1 rings (SSSR count). The first-order valence-corrected chi connectivity index (χ1v) is 7.71. The van der Waals surface area contributed by atoms with Gasteiger partial charge in [0.2, 0.25) is 0 Å². The summed E-state index contributed by atoms with van der Waals surface area (Å²) in [5.41, 5.74) is 1.94. The van der Waals surface area contributed by atoms with E-state index in [1.807, 2.05) is 40.0 Å². The fourth-order valence-electron chi connectivity index (χ4n) is 1.83. The topological polar surface area (TPSA) is 43.4 Å². The third-order valence-corrected chi connectivity index (χ3v) is 2.82. The number of hydrogen-bond acceptors (Lipinski definition) is 4. The lowest BCUT2D eigenvalue weighted by Crippen LogP contribution is -2.23. The molecule has 0 aliphatic heterocycles. The lowest BCUT2D eigenvalue weighted by Gasteiger charge is -2.20. The highest BCUT2D eigenvalue weighted by Crippen LogP contribution is 2.19. The molecule has 1 heterocycles. The van der Waals surface area contributed by atoms with Crippen LogP contribution in [0.5, 0.6) is 5.75 Å². The van der Waals surface area contributed by atoms with Crippen LogP contribution in [-0.2, 0) is 11.3 Å². The van der Waals surface area contributed by atoms with Crippen molar-refractivity contribution in [2.24, 2.45) is 5.92 Å². The Morgan fingerprint density at radius 1 is 1.24 bits per heavy atom. The summed E-state index contributed by atoms with van der Waals surface area (Å²) < 4.78 is 11.5. The maximum atomic E-state index is 5.87. The minimum absolute atomic E-state index is 0.126. The average molecular weight is 294 g/mol. The molecule has 0 aliphatic rings. The molecule has 0 spiro atoms. The van der Waals surface area contributed by atoms with E-state index in [2.05, 4.69) is 24.1 Å². The summed E-state index contributed by atoms with van der Waals surface area (Å²) in [6.07, 6.45) is 1.89. The Bertz CT molecular complexity index is 425. The first-order valence-electron chi connectivity index (χ1n) is 7.71. The first-order chi connectivity index (χ1) is 9.78. The van der Waals surface area contributed by atoms with Crippen LogP contribution >= 0.6 is 0 Å². The van der Waals surface area contributed by atoms with Gasteiger partial charge in [-0.25, -0.2) is 0 Å². The fourth-order valence-corrected chi connectivity index (χ4v) is 1.83. The second-order valence-electron chi connectivity index (χ2n) is 6.77. The molecule has 0 radical (unpaired) electrons. The van der Waals surface area contributed by atoms with Crippen LogP contribution < -0.4 is 10.1 Å². The third-order valence-electron chi connectivity index (χ3n) is 2.82. The van der Waals surface area contributed by atoms with Crippen LogP contribution in [0.3, 0.4) is 0 Å². The Balaban J connectivity index is 2.52. The SMILES string of the molecule is Cc1cc(OCCOC(C)(C)C)c(CNCC(C)C)cn1. The zero-order valence-electron chi connectivity index (χ0n) is 14.3. The molecule has 1 N–H and O–H groups in total. The van der Waals surface area contributed by atoms with Gasteiger partial charge in [-0.1, -0.05) is 13.8 Å². The Labute approximate surface area is 129 Å². The summed E-state index contributed by atoms with van der Waals surface area (Å²) in [5.74, 6) is 1.53. The molecule has 1 aromatic heterocycles. The van der Waals surface area contributed by atoms with Gasteiger partial charge in [0, 0.05) is 30.1 Å². The van der Waals surface area contributed by atoms with Gasteiger partial charge in [0.1, 0.15) is 12.4 Å². The van der Waals surface area contributed by atoms with Crippen LogP contribution in [0.2, 0.25) is 0 Å². The predicted molar refractivity (Wildman–Crippen MR) is 86.7 cm³/mol. The van der Waals surface area contributed by atoms with Crippen LogP contribution in [0.4, 0.5) is 0 Å². The first kappa shape index (κ1) is 17.9. The number of aromatic nitrogens is 1. The van der Waals surface area contributed by atoms with Crippen molar-refractivity contribution in [2.45, 2.75) is 53.7 Å². The standard InChI is InChI=1S/C17H30N2O2/c1-13(2)10-18-11-15-12-19-14(3)9-16(15)20-7-8-21-17(4,5)6/h9,12-13,18H,7-8,10-11H2,1-6H3. The van der Waals surface area contributed by atoms with Crippen LogP contribution in [0.25, 0.3) is 0 Å². The summed E-state index contributed by atoms with van der Waals surface area (Å²) in [7, 11) is 0. The van der Waals surface area contributed by atoms with E-state index in [4.69, 9.17) is 9.47 Å². The monoisotopic (exact) mass is 294 g/mol. The number of pyridine rings is 1. The number of nitrogens with one attached hydrogen (secondary N) is 1. The zero-order chi connectivity index (χ0) is 15.9. The third kappa shape index (κ3) is 8.02. The van der Waals surface area contributed by atoms with Crippen LogP contribution in [0, 0.1) is 12.8 Å². The van der Waals surface area contributed by atoms with Crippen molar-refractivity contribution in [3.63, 3.8) is 0 Å². The summed E-state index contributed by atoms with van der Waals surface area (Å²) in [4.78, 5) is 4.35. The van der Waals surface area contributed by atoms with E-state index >= 15 is 0 Å². The van der Waals surface area contributed by atoms with Crippen molar-refractivity contribution >= 4 is 0 Å². The van der Waals surface area contributed by atoms with Crippen molar-refractivity contribution in [3.8, 4) is 5.75 Å². The maximum Gasteiger partial charge on any atom is 0.127 e. The van der Waals surface area contributed by atoms with Gasteiger partial charge in [-0.15, -0.1) is 0 Å². The second kappa shape index (κ2) is 8.35. The molecule has 0 amide bonds. The molecule has 4 nitrogen and oxygen atoms in total. The Hall–Kier alpha value is -1.13. The van der Waals surface area contributed by atoms with Crippen LogP contribution in [0.15, 0.2) is 12.3 Å². The highest BCUT2D eigenvalue weighted by atomic mass is 16.5. The Morgan fingerprint density at radius 2 is 1.95 bits per heavy atom. The number of aryl methyl sites for hydroxylation is 1. The van der Waals surface area contributed by atoms with E-state index in [1.165, 1.54) is 0 Å². The summed E-state index contributed by atoms with van der Waals surface area (Å²) in [5, 5.41) is 3.42. The van der Waals surface area contributed by atoms with E-state index in [1.54, 1.807) is 0 Å². The van der Waals surface area contributed by atoms with Gasteiger partial charge in [0.05, 0.1) is 12.2 Å². The van der Waals surface area contributed by atoms with Gasteiger partial charge < -0.3 is 14.8 Å². The molecular formula is C17H30N2O2.